The van der Waals surface area contributed by atoms with Crippen LogP contribution in [0.25, 0.3) is 0 Å². The normalized spacial score (nSPS) is 21.5. The molecule has 0 bridgehead atoms. The molecule has 1 fully saturated rings. The maximum atomic E-state index is 11.1. The summed E-state index contributed by atoms with van der Waals surface area (Å²) in [5.41, 5.74) is -1.15. The summed E-state index contributed by atoms with van der Waals surface area (Å²) in [5, 5.41) is 5.68. The van der Waals surface area contributed by atoms with Crippen molar-refractivity contribution in [2.45, 2.75) is 31.5 Å². The monoisotopic (exact) mass is 170 g/mol. The van der Waals surface area contributed by atoms with Gasteiger partial charge in [-0.05, 0) is 26.8 Å². The van der Waals surface area contributed by atoms with E-state index in [-0.39, 0.29) is 5.78 Å². The van der Waals surface area contributed by atoms with E-state index in [0.29, 0.717) is 12.3 Å². The summed E-state index contributed by atoms with van der Waals surface area (Å²) in [7, 11) is 1.60. The molecule has 0 radical (unpaired) electrons. The zero-order chi connectivity index (χ0) is 9.19. The van der Waals surface area contributed by atoms with Gasteiger partial charge in [0.05, 0.1) is 0 Å². The molecule has 0 spiro atoms. The molecule has 0 heterocycles. The van der Waals surface area contributed by atoms with E-state index in [1.807, 2.05) is 0 Å². The van der Waals surface area contributed by atoms with Gasteiger partial charge >= 0.3 is 0 Å². The number of nitrogens with one attached hydrogen (secondary N) is 2. The second kappa shape index (κ2) is 3.33. The Morgan fingerprint density at radius 3 is 2.42 bits per heavy atom. The van der Waals surface area contributed by atoms with Gasteiger partial charge in [0.2, 0.25) is 0 Å². The van der Waals surface area contributed by atoms with E-state index in [0.717, 1.165) is 12.8 Å². The topological polar surface area (TPSA) is 58.2 Å². The van der Waals surface area contributed by atoms with Gasteiger partial charge < -0.3 is 0 Å². The first-order valence-corrected chi connectivity index (χ1v) is 4.08. The van der Waals surface area contributed by atoms with Gasteiger partial charge in [-0.3, -0.25) is 20.2 Å². The van der Waals surface area contributed by atoms with Gasteiger partial charge in [0, 0.05) is 6.04 Å². The smallest absolute Gasteiger partial charge is 0.185 e. The lowest BCUT2D eigenvalue weighted by molar-refractivity contribution is -0.130. The van der Waals surface area contributed by atoms with Crippen molar-refractivity contribution >= 4 is 12.1 Å². The Bertz CT molecular complexity index is 201. The summed E-state index contributed by atoms with van der Waals surface area (Å²) in [6.07, 6.45) is 2.72. The van der Waals surface area contributed by atoms with E-state index in [2.05, 4.69) is 10.6 Å². The third-order valence-electron chi connectivity index (χ3n) is 2.14. The minimum absolute atomic E-state index is 0.188. The Morgan fingerprint density at radius 1 is 1.58 bits per heavy atom. The summed E-state index contributed by atoms with van der Waals surface area (Å²) in [5.74, 6) is -0.188. The molecule has 0 saturated heterocycles. The molecule has 12 heavy (non-hydrogen) atoms. The van der Waals surface area contributed by atoms with E-state index in [1.165, 1.54) is 6.92 Å². The highest BCUT2D eigenvalue weighted by Gasteiger charge is 2.38. The van der Waals surface area contributed by atoms with Crippen LogP contribution >= 0.6 is 0 Å². The van der Waals surface area contributed by atoms with Crippen LogP contribution in [0.1, 0.15) is 19.8 Å². The number of likely N-dealkylation sites (N-methyl/N-ethyl adjacent to an activating group) is 1. The molecule has 1 unspecified atom stereocenters. The van der Waals surface area contributed by atoms with E-state index in [4.69, 9.17) is 0 Å². The number of carbonyl (C=O) groups is 2. The van der Waals surface area contributed by atoms with E-state index in [1.54, 1.807) is 7.05 Å². The van der Waals surface area contributed by atoms with Crippen LogP contribution in [0.15, 0.2) is 0 Å². The molecule has 4 nitrogen and oxygen atoms in total. The molecule has 1 aliphatic rings. The van der Waals surface area contributed by atoms with Gasteiger partial charge in [-0.2, -0.15) is 0 Å². The molecule has 1 saturated carbocycles. The van der Waals surface area contributed by atoms with Crippen LogP contribution in [0.5, 0.6) is 0 Å². The van der Waals surface area contributed by atoms with Gasteiger partial charge in [0.15, 0.2) is 17.7 Å². The summed E-state index contributed by atoms with van der Waals surface area (Å²) in [4.78, 5) is 21.9. The van der Waals surface area contributed by atoms with Crippen LogP contribution in [0, 0.1) is 0 Å². The first-order valence-electron chi connectivity index (χ1n) is 4.08. The lowest BCUT2D eigenvalue weighted by Gasteiger charge is -2.25. The number of ketones is 1. The summed E-state index contributed by atoms with van der Waals surface area (Å²) >= 11 is 0. The van der Waals surface area contributed by atoms with Crippen LogP contribution in [0.2, 0.25) is 0 Å². The molecule has 1 aliphatic carbocycles. The highest BCUT2D eigenvalue weighted by molar-refractivity contribution is 6.00. The molecule has 1 rings (SSSR count). The maximum Gasteiger partial charge on any atom is 0.185 e. The largest absolute Gasteiger partial charge is 0.299 e. The second-order valence-corrected chi connectivity index (χ2v) is 3.15. The molecule has 0 amide bonds. The lowest BCUT2D eigenvalue weighted by Crippen LogP contribution is -2.62. The summed E-state index contributed by atoms with van der Waals surface area (Å²) < 4.78 is 0. The lowest BCUT2D eigenvalue weighted by atomic mass is 10.1. The highest BCUT2D eigenvalue weighted by Crippen LogP contribution is 2.21. The summed E-state index contributed by atoms with van der Waals surface area (Å²) in [6, 6.07) is 0.326. The fraction of sp³-hybridized carbons (Fsp3) is 0.750. The Labute approximate surface area is 71.7 Å². The van der Waals surface area contributed by atoms with Crippen LogP contribution in [0.3, 0.4) is 0 Å². The number of aldehydes is 1. The van der Waals surface area contributed by atoms with Crippen molar-refractivity contribution in [1.29, 1.82) is 0 Å². The number of carbonyl (C=O) groups excluding carboxylic acids is 2. The molecule has 0 aromatic rings. The Balaban J connectivity index is 2.66. The van der Waals surface area contributed by atoms with Crippen LogP contribution in [-0.4, -0.2) is 30.8 Å². The minimum Gasteiger partial charge on any atom is -0.299 e. The molecule has 2 N–H and O–H groups in total. The fourth-order valence-electron chi connectivity index (χ4n) is 1.08. The molecule has 0 aromatic heterocycles. The van der Waals surface area contributed by atoms with Crippen molar-refractivity contribution < 1.29 is 9.59 Å². The minimum atomic E-state index is -1.15. The SMILES string of the molecule is CNC(C=O)(NC1CC1)C(C)=O. The van der Waals surface area contributed by atoms with Crippen molar-refractivity contribution in [3.05, 3.63) is 0 Å². The van der Waals surface area contributed by atoms with Crippen LogP contribution in [-0.2, 0) is 9.59 Å². The third-order valence-corrected chi connectivity index (χ3v) is 2.14. The average molecular weight is 170 g/mol. The molecule has 68 valence electrons. The van der Waals surface area contributed by atoms with Crippen LogP contribution < -0.4 is 10.6 Å². The van der Waals surface area contributed by atoms with Gasteiger partial charge in [0.1, 0.15) is 0 Å². The molecular formula is C8H14N2O2. The molecule has 1 atom stereocenters. The van der Waals surface area contributed by atoms with E-state index < -0.39 is 5.66 Å². The maximum absolute atomic E-state index is 11.1. The zero-order valence-corrected chi connectivity index (χ0v) is 7.39. The van der Waals surface area contributed by atoms with Gasteiger partial charge in [0.25, 0.3) is 0 Å². The standard InChI is InChI=1S/C8H14N2O2/c1-6(12)8(5-11,9-2)10-7-3-4-7/h5,7,9-10H,3-4H2,1-2H3. The van der Waals surface area contributed by atoms with Crippen molar-refractivity contribution in [2.75, 3.05) is 7.05 Å². The number of hydrogen-bond acceptors (Lipinski definition) is 4. The van der Waals surface area contributed by atoms with Gasteiger partial charge in [-0.1, -0.05) is 0 Å². The first kappa shape index (κ1) is 9.35. The van der Waals surface area contributed by atoms with Gasteiger partial charge in [-0.15, -0.1) is 0 Å². The van der Waals surface area contributed by atoms with Gasteiger partial charge in [-0.25, -0.2) is 0 Å². The van der Waals surface area contributed by atoms with Crippen molar-refractivity contribution in [1.82, 2.24) is 10.6 Å². The Morgan fingerprint density at radius 2 is 2.17 bits per heavy atom. The van der Waals surface area contributed by atoms with Crippen molar-refractivity contribution in [3.8, 4) is 0 Å². The Kier molecular flexibility index (Phi) is 2.59. The molecule has 4 heteroatoms. The average Bonchev–Trinajstić information content (AvgIpc) is 2.83. The molecule has 0 aliphatic heterocycles. The molecular weight excluding hydrogens is 156 g/mol. The third kappa shape index (κ3) is 1.70. The second-order valence-electron chi connectivity index (χ2n) is 3.15. The number of Topliss-reactive ketones (excluding diaryl/α,β-unsaturated/α-hetero) is 1. The predicted octanol–water partition coefficient (Wildman–Crippen LogP) is -0.558. The summed E-state index contributed by atoms with van der Waals surface area (Å²) in [6.45, 7) is 1.40. The number of hydrogen-bond donors (Lipinski definition) is 2. The van der Waals surface area contributed by atoms with E-state index >= 15 is 0 Å². The Hall–Kier alpha value is -0.740. The van der Waals surface area contributed by atoms with Crippen molar-refractivity contribution in [3.63, 3.8) is 0 Å². The van der Waals surface area contributed by atoms with E-state index in [9.17, 15) is 9.59 Å². The predicted molar refractivity (Wildman–Crippen MR) is 44.7 cm³/mol. The van der Waals surface area contributed by atoms with Crippen LogP contribution in [0.4, 0.5) is 0 Å². The number of rotatable bonds is 5. The zero-order valence-electron chi connectivity index (χ0n) is 7.39. The fourth-order valence-corrected chi connectivity index (χ4v) is 1.08. The van der Waals surface area contributed by atoms with Crippen molar-refractivity contribution in [2.24, 2.45) is 0 Å². The molecule has 0 aromatic carbocycles. The quantitative estimate of drug-likeness (QED) is 0.330. The first-order chi connectivity index (χ1) is 5.64. The highest BCUT2D eigenvalue weighted by atomic mass is 16.2.